The van der Waals surface area contributed by atoms with Gasteiger partial charge in [-0.2, -0.15) is 0 Å². The van der Waals surface area contributed by atoms with Gasteiger partial charge in [0.1, 0.15) is 0 Å². The normalized spacial score (nSPS) is 11.6. The van der Waals surface area contributed by atoms with Gasteiger partial charge < -0.3 is 9.13 Å². The van der Waals surface area contributed by atoms with Gasteiger partial charge in [0, 0.05) is 47.6 Å². The maximum absolute atomic E-state index is 2.34. The molecule has 2 aromatic heterocycles. The van der Waals surface area contributed by atoms with Crippen LogP contribution in [0.15, 0.2) is 48.8 Å². The minimum absolute atomic E-state index is 0.476. The lowest BCUT2D eigenvalue weighted by Crippen LogP contribution is -1.97. The highest BCUT2D eigenvalue weighted by Gasteiger charge is 2.12. The number of aromatic nitrogens is 2. The molecule has 0 aliphatic heterocycles. The van der Waals surface area contributed by atoms with E-state index in [1.54, 1.807) is 0 Å². The Kier molecular flexibility index (Phi) is 2.51. The quantitative estimate of drug-likeness (QED) is 0.632. The van der Waals surface area contributed by atoms with E-state index in [9.17, 15) is 0 Å². The Hall–Kier alpha value is -1.96. The van der Waals surface area contributed by atoms with Crippen molar-refractivity contribution in [3.63, 3.8) is 0 Å². The molecule has 2 heteroatoms. The van der Waals surface area contributed by atoms with Gasteiger partial charge in [-0.05, 0) is 32.0 Å². The van der Waals surface area contributed by atoms with Gasteiger partial charge >= 0.3 is 0 Å². The molecule has 0 aliphatic carbocycles. The molecule has 0 fully saturated rings. The molecule has 2 nitrogen and oxygen atoms in total. The number of hydrogen-bond donors (Lipinski definition) is 0. The van der Waals surface area contributed by atoms with E-state index in [2.05, 4.69) is 78.8 Å². The van der Waals surface area contributed by atoms with Gasteiger partial charge in [-0.15, -0.1) is 0 Å². The Morgan fingerprint density at radius 2 is 1.78 bits per heavy atom. The van der Waals surface area contributed by atoms with Crippen molar-refractivity contribution < 1.29 is 0 Å². The Bertz CT molecular complexity index is 686. The van der Waals surface area contributed by atoms with Crippen LogP contribution in [0.4, 0.5) is 0 Å². The molecule has 0 aliphatic rings. The van der Waals surface area contributed by atoms with E-state index in [-0.39, 0.29) is 0 Å². The lowest BCUT2D eigenvalue weighted by Gasteiger charge is -2.08. The molecule has 0 spiro atoms. The number of fused-ring (bicyclic) bond motifs is 1. The van der Waals surface area contributed by atoms with Crippen LogP contribution in [0.5, 0.6) is 0 Å². The first-order valence-corrected chi connectivity index (χ1v) is 6.40. The Morgan fingerprint density at radius 3 is 2.44 bits per heavy atom. The smallest absolute Gasteiger partial charge is 0.0499 e. The van der Waals surface area contributed by atoms with Gasteiger partial charge in [0.05, 0.1) is 0 Å². The number of benzene rings is 1. The second kappa shape index (κ2) is 4.05. The summed E-state index contributed by atoms with van der Waals surface area (Å²) >= 11 is 0. The molecule has 0 amide bonds. The summed E-state index contributed by atoms with van der Waals surface area (Å²) in [6.45, 7) is 4.45. The molecular formula is C16H18N2. The summed E-state index contributed by atoms with van der Waals surface area (Å²) in [6, 6.07) is 13.4. The molecule has 0 bridgehead atoms. The second-order valence-electron chi connectivity index (χ2n) is 5.07. The van der Waals surface area contributed by atoms with Crippen LogP contribution in [0.1, 0.15) is 19.9 Å². The molecule has 0 atom stereocenters. The van der Waals surface area contributed by atoms with Crippen molar-refractivity contribution in [3.05, 3.63) is 48.8 Å². The maximum atomic E-state index is 2.34. The molecule has 3 aromatic rings. The standard InChI is InChI=1S/C16H18N2/c1-12(2)18-11-14(15-9-6-10-17(15)3)13-7-4-5-8-16(13)18/h4-12H,1-3H3. The molecule has 1 aromatic carbocycles. The molecule has 0 unspecified atom stereocenters. The van der Waals surface area contributed by atoms with Gasteiger partial charge in [0.2, 0.25) is 0 Å². The van der Waals surface area contributed by atoms with Crippen molar-refractivity contribution in [1.82, 2.24) is 9.13 Å². The molecular weight excluding hydrogens is 220 g/mol. The average molecular weight is 238 g/mol. The Balaban J connectivity index is 2.34. The first-order valence-electron chi connectivity index (χ1n) is 6.40. The SMILES string of the molecule is CC(C)n1cc(-c2cccn2C)c2ccccc21. The molecule has 3 rings (SSSR count). The predicted molar refractivity (Wildman–Crippen MR) is 76.7 cm³/mol. The fraction of sp³-hybridized carbons (Fsp3) is 0.250. The van der Waals surface area contributed by atoms with Gasteiger partial charge in [0.15, 0.2) is 0 Å². The Morgan fingerprint density at radius 1 is 1.00 bits per heavy atom. The highest BCUT2D eigenvalue weighted by molar-refractivity contribution is 5.95. The molecule has 0 saturated heterocycles. The third-order valence-electron chi connectivity index (χ3n) is 3.52. The van der Waals surface area contributed by atoms with Crippen molar-refractivity contribution in [3.8, 4) is 11.3 Å². The number of nitrogens with zero attached hydrogens (tertiary/aromatic N) is 2. The molecule has 2 heterocycles. The summed E-state index contributed by atoms with van der Waals surface area (Å²) in [4.78, 5) is 0. The van der Waals surface area contributed by atoms with E-state index < -0.39 is 0 Å². The average Bonchev–Trinajstić information content (AvgIpc) is 2.92. The third kappa shape index (κ3) is 1.57. The van der Waals surface area contributed by atoms with Gasteiger partial charge in [0.25, 0.3) is 0 Å². The van der Waals surface area contributed by atoms with Crippen molar-refractivity contribution in [1.29, 1.82) is 0 Å². The fourth-order valence-electron chi connectivity index (χ4n) is 2.58. The van der Waals surface area contributed by atoms with Crippen LogP contribution < -0.4 is 0 Å². The molecule has 0 radical (unpaired) electrons. The van der Waals surface area contributed by atoms with E-state index in [4.69, 9.17) is 0 Å². The number of aryl methyl sites for hydroxylation is 1. The van der Waals surface area contributed by atoms with Crippen molar-refractivity contribution >= 4 is 10.9 Å². The summed E-state index contributed by atoms with van der Waals surface area (Å²) in [7, 11) is 2.09. The van der Waals surface area contributed by atoms with Gasteiger partial charge in [-0.25, -0.2) is 0 Å². The van der Waals surface area contributed by atoms with Gasteiger partial charge in [-0.1, -0.05) is 18.2 Å². The summed E-state index contributed by atoms with van der Waals surface area (Å²) in [5.74, 6) is 0. The first kappa shape index (κ1) is 11.1. The van der Waals surface area contributed by atoms with Crippen molar-refractivity contribution in [2.45, 2.75) is 19.9 Å². The molecule has 18 heavy (non-hydrogen) atoms. The topological polar surface area (TPSA) is 9.86 Å². The minimum atomic E-state index is 0.476. The van der Waals surface area contributed by atoms with Crippen molar-refractivity contribution in [2.75, 3.05) is 0 Å². The largest absolute Gasteiger partial charge is 0.351 e. The molecule has 0 saturated carbocycles. The summed E-state index contributed by atoms with van der Waals surface area (Å²) < 4.78 is 4.52. The van der Waals surface area contributed by atoms with Crippen LogP contribution in [0.3, 0.4) is 0 Å². The summed E-state index contributed by atoms with van der Waals surface area (Å²) in [6.07, 6.45) is 4.36. The summed E-state index contributed by atoms with van der Waals surface area (Å²) in [5, 5.41) is 1.33. The number of para-hydroxylation sites is 1. The van der Waals surface area contributed by atoms with Crippen LogP contribution in [0.25, 0.3) is 22.2 Å². The van der Waals surface area contributed by atoms with Crippen molar-refractivity contribution in [2.24, 2.45) is 7.05 Å². The summed E-state index contributed by atoms with van der Waals surface area (Å²) in [5.41, 5.74) is 3.89. The second-order valence-corrected chi connectivity index (χ2v) is 5.07. The minimum Gasteiger partial charge on any atom is -0.351 e. The zero-order valence-corrected chi connectivity index (χ0v) is 11.1. The highest BCUT2D eigenvalue weighted by atomic mass is 15.0. The zero-order chi connectivity index (χ0) is 12.7. The highest BCUT2D eigenvalue weighted by Crippen LogP contribution is 2.32. The van der Waals surface area contributed by atoms with Crippen LogP contribution in [0, 0.1) is 0 Å². The van der Waals surface area contributed by atoms with Crippen LogP contribution in [-0.4, -0.2) is 9.13 Å². The molecule has 92 valence electrons. The van der Waals surface area contributed by atoms with E-state index in [0.717, 1.165) is 0 Å². The van der Waals surface area contributed by atoms with E-state index in [1.807, 2.05) is 0 Å². The van der Waals surface area contributed by atoms with E-state index in [1.165, 1.54) is 22.2 Å². The maximum Gasteiger partial charge on any atom is 0.0499 e. The molecule has 0 N–H and O–H groups in total. The lowest BCUT2D eigenvalue weighted by molar-refractivity contribution is 0.623. The third-order valence-corrected chi connectivity index (χ3v) is 3.52. The predicted octanol–water partition coefficient (Wildman–Crippen LogP) is 4.23. The number of rotatable bonds is 2. The van der Waals surface area contributed by atoms with Crippen LogP contribution in [-0.2, 0) is 7.05 Å². The van der Waals surface area contributed by atoms with Gasteiger partial charge in [-0.3, -0.25) is 0 Å². The van der Waals surface area contributed by atoms with E-state index >= 15 is 0 Å². The van der Waals surface area contributed by atoms with E-state index in [0.29, 0.717) is 6.04 Å². The number of hydrogen-bond acceptors (Lipinski definition) is 0. The monoisotopic (exact) mass is 238 g/mol. The van der Waals surface area contributed by atoms with Crippen LogP contribution >= 0.6 is 0 Å². The first-order chi connectivity index (χ1) is 8.68. The fourth-order valence-corrected chi connectivity index (χ4v) is 2.58. The zero-order valence-electron chi connectivity index (χ0n) is 11.1. The Labute approximate surface area is 107 Å². The lowest BCUT2D eigenvalue weighted by atomic mass is 10.1. The van der Waals surface area contributed by atoms with Crippen LogP contribution in [0.2, 0.25) is 0 Å².